The summed E-state index contributed by atoms with van der Waals surface area (Å²) in [5.74, 6) is 0. The van der Waals surface area contributed by atoms with E-state index in [0.717, 1.165) is 11.1 Å². The van der Waals surface area contributed by atoms with E-state index in [4.69, 9.17) is 0 Å². The van der Waals surface area contributed by atoms with E-state index in [2.05, 4.69) is 53.4 Å². The van der Waals surface area contributed by atoms with Crippen LogP contribution in [0.1, 0.15) is 37.1 Å². The lowest BCUT2D eigenvalue weighted by molar-refractivity contribution is 0.494. The highest BCUT2D eigenvalue weighted by Crippen LogP contribution is 2.23. The van der Waals surface area contributed by atoms with Gasteiger partial charge in [0.05, 0.1) is 0 Å². The molecule has 0 spiro atoms. The van der Waals surface area contributed by atoms with Crippen molar-refractivity contribution in [3.8, 4) is 11.1 Å². The average Bonchev–Trinajstić information content (AvgIpc) is 2.62. The number of H-pyrrole nitrogens is 1. The Hall–Kier alpha value is -2.72. The fourth-order valence-electron chi connectivity index (χ4n) is 2.81. The summed E-state index contributed by atoms with van der Waals surface area (Å²) in [7, 11) is 0. The van der Waals surface area contributed by atoms with Crippen LogP contribution < -0.4 is 10.9 Å². The Morgan fingerprint density at radius 3 is 2.17 bits per heavy atom. The zero-order valence-electron chi connectivity index (χ0n) is 13.9. The fourth-order valence-corrected chi connectivity index (χ4v) is 2.81. The standard InChI is InChI=1S/C20H21N3O/c1-14(23-15(2)19-9-12-22-20(24)13-19)16-3-5-17(6-4-16)18-7-10-21-11-8-18/h3-15,23H,1-2H3,(H,22,24). The fraction of sp³-hybridized carbons (Fsp3) is 0.200. The number of rotatable bonds is 5. The van der Waals surface area contributed by atoms with Crippen molar-refractivity contribution in [2.24, 2.45) is 0 Å². The average molecular weight is 319 g/mol. The van der Waals surface area contributed by atoms with E-state index in [1.807, 2.05) is 18.2 Å². The summed E-state index contributed by atoms with van der Waals surface area (Å²) in [6, 6.07) is 16.4. The van der Waals surface area contributed by atoms with Crippen LogP contribution in [0, 0.1) is 0 Å². The van der Waals surface area contributed by atoms with E-state index in [-0.39, 0.29) is 17.6 Å². The van der Waals surface area contributed by atoms with E-state index in [1.54, 1.807) is 24.7 Å². The Bertz CT molecular complexity index is 841. The van der Waals surface area contributed by atoms with Gasteiger partial charge in [0.1, 0.15) is 0 Å². The first-order valence-corrected chi connectivity index (χ1v) is 8.08. The van der Waals surface area contributed by atoms with Crippen LogP contribution in [0.5, 0.6) is 0 Å². The maximum absolute atomic E-state index is 11.4. The SMILES string of the molecule is CC(NC(C)c1cc[nH]c(=O)c1)c1ccc(-c2ccncc2)cc1. The van der Waals surface area contributed by atoms with Crippen molar-refractivity contribution < 1.29 is 0 Å². The largest absolute Gasteiger partial charge is 0.329 e. The molecule has 2 N–H and O–H groups in total. The number of hydrogen-bond acceptors (Lipinski definition) is 3. The van der Waals surface area contributed by atoms with E-state index in [9.17, 15) is 4.79 Å². The molecule has 2 atom stereocenters. The summed E-state index contributed by atoms with van der Waals surface area (Å²) in [4.78, 5) is 18.1. The molecule has 0 saturated carbocycles. The molecule has 2 aromatic heterocycles. The quantitative estimate of drug-likeness (QED) is 0.751. The summed E-state index contributed by atoms with van der Waals surface area (Å²) in [5.41, 5.74) is 4.46. The Balaban J connectivity index is 1.71. The normalized spacial score (nSPS) is 13.4. The minimum Gasteiger partial charge on any atom is -0.329 e. The third kappa shape index (κ3) is 3.78. The molecule has 4 heteroatoms. The number of nitrogens with one attached hydrogen (secondary N) is 2. The first-order chi connectivity index (χ1) is 11.6. The zero-order valence-corrected chi connectivity index (χ0v) is 13.9. The maximum atomic E-state index is 11.4. The number of aromatic nitrogens is 2. The molecule has 0 radical (unpaired) electrons. The summed E-state index contributed by atoms with van der Waals surface area (Å²) in [6.45, 7) is 4.20. The van der Waals surface area contributed by atoms with Crippen LogP contribution >= 0.6 is 0 Å². The van der Waals surface area contributed by atoms with Crippen LogP contribution in [0.3, 0.4) is 0 Å². The van der Waals surface area contributed by atoms with Crippen LogP contribution in [0.4, 0.5) is 0 Å². The smallest absolute Gasteiger partial charge is 0.248 e. The van der Waals surface area contributed by atoms with E-state index in [0.29, 0.717) is 0 Å². The molecule has 0 saturated heterocycles. The molecule has 1 aromatic carbocycles. The first kappa shape index (κ1) is 16.1. The Kier molecular flexibility index (Phi) is 4.87. The molecule has 2 heterocycles. The van der Waals surface area contributed by atoms with Gasteiger partial charge in [-0.15, -0.1) is 0 Å². The first-order valence-electron chi connectivity index (χ1n) is 8.08. The van der Waals surface area contributed by atoms with Gasteiger partial charge in [-0.05, 0) is 54.3 Å². The zero-order chi connectivity index (χ0) is 16.9. The van der Waals surface area contributed by atoms with Crippen LogP contribution in [-0.4, -0.2) is 9.97 Å². The lowest BCUT2D eigenvalue weighted by Gasteiger charge is -2.21. The molecular formula is C20H21N3O. The molecule has 0 aliphatic carbocycles. The van der Waals surface area contributed by atoms with E-state index < -0.39 is 0 Å². The van der Waals surface area contributed by atoms with Gasteiger partial charge in [-0.1, -0.05) is 24.3 Å². The van der Waals surface area contributed by atoms with Crippen molar-refractivity contribution in [3.63, 3.8) is 0 Å². The highest BCUT2D eigenvalue weighted by molar-refractivity contribution is 5.62. The molecule has 0 aliphatic heterocycles. The number of nitrogens with zero attached hydrogens (tertiary/aromatic N) is 1. The Labute approximate surface area is 141 Å². The number of hydrogen-bond donors (Lipinski definition) is 2. The van der Waals surface area contributed by atoms with Crippen molar-refractivity contribution >= 4 is 0 Å². The van der Waals surface area contributed by atoms with Crippen LogP contribution in [0.2, 0.25) is 0 Å². The highest BCUT2D eigenvalue weighted by atomic mass is 16.1. The third-order valence-electron chi connectivity index (χ3n) is 4.22. The van der Waals surface area contributed by atoms with Gasteiger partial charge in [0.15, 0.2) is 0 Å². The van der Waals surface area contributed by atoms with Gasteiger partial charge in [0.25, 0.3) is 0 Å². The summed E-state index contributed by atoms with van der Waals surface area (Å²) >= 11 is 0. The van der Waals surface area contributed by atoms with E-state index >= 15 is 0 Å². The number of aromatic amines is 1. The second-order valence-electron chi connectivity index (χ2n) is 5.95. The molecule has 3 rings (SSSR count). The second kappa shape index (κ2) is 7.23. The van der Waals surface area contributed by atoms with Gasteiger partial charge >= 0.3 is 0 Å². The predicted molar refractivity (Wildman–Crippen MR) is 96.7 cm³/mol. The molecule has 3 aromatic rings. The van der Waals surface area contributed by atoms with Crippen molar-refractivity contribution in [2.45, 2.75) is 25.9 Å². The van der Waals surface area contributed by atoms with Crippen LogP contribution in [0.15, 0.2) is 71.9 Å². The minimum absolute atomic E-state index is 0.0736. The lowest BCUT2D eigenvalue weighted by Crippen LogP contribution is -2.23. The van der Waals surface area contributed by atoms with E-state index in [1.165, 1.54) is 11.1 Å². The highest BCUT2D eigenvalue weighted by Gasteiger charge is 2.11. The van der Waals surface area contributed by atoms with Gasteiger partial charge in [-0.2, -0.15) is 0 Å². The Morgan fingerprint density at radius 2 is 1.50 bits per heavy atom. The van der Waals surface area contributed by atoms with Gasteiger partial charge in [-0.25, -0.2) is 0 Å². The predicted octanol–water partition coefficient (Wildman–Crippen LogP) is 3.85. The van der Waals surface area contributed by atoms with Gasteiger partial charge in [0, 0.05) is 36.7 Å². The molecule has 0 aliphatic rings. The molecule has 0 bridgehead atoms. The minimum atomic E-state index is -0.0736. The van der Waals surface area contributed by atoms with Gasteiger partial charge in [-0.3, -0.25) is 9.78 Å². The van der Waals surface area contributed by atoms with Crippen molar-refractivity contribution in [1.29, 1.82) is 0 Å². The van der Waals surface area contributed by atoms with Crippen LogP contribution in [-0.2, 0) is 0 Å². The second-order valence-corrected chi connectivity index (χ2v) is 5.95. The molecule has 122 valence electrons. The van der Waals surface area contributed by atoms with Crippen molar-refractivity contribution in [1.82, 2.24) is 15.3 Å². The monoisotopic (exact) mass is 319 g/mol. The number of benzene rings is 1. The third-order valence-corrected chi connectivity index (χ3v) is 4.22. The summed E-state index contributed by atoms with van der Waals surface area (Å²) in [6.07, 6.45) is 5.29. The maximum Gasteiger partial charge on any atom is 0.248 e. The Morgan fingerprint density at radius 1 is 0.875 bits per heavy atom. The molecule has 0 fully saturated rings. The molecule has 2 unspecified atom stereocenters. The molecule has 4 nitrogen and oxygen atoms in total. The molecule has 0 amide bonds. The summed E-state index contributed by atoms with van der Waals surface area (Å²) in [5, 5.41) is 3.54. The topological polar surface area (TPSA) is 57.8 Å². The van der Waals surface area contributed by atoms with Crippen molar-refractivity contribution in [3.05, 3.63) is 88.6 Å². The van der Waals surface area contributed by atoms with Gasteiger partial charge in [0.2, 0.25) is 5.56 Å². The van der Waals surface area contributed by atoms with Gasteiger partial charge < -0.3 is 10.3 Å². The summed E-state index contributed by atoms with van der Waals surface area (Å²) < 4.78 is 0. The van der Waals surface area contributed by atoms with Crippen molar-refractivity contribution in [2.75, 3.05) is 0 Å². The van der Waals surface area contributed by atoms with Crippen LogP contribution in [0.25, 0.3) is 11.1 Å². The molecule has 24 heavy (non-hydrogen) atoms. The number of pyridine rings is 2. The molecular weight excluding hydrogens is 298 g/mol. The lowest BCUT2D eigenvalue weighted by atomic mass is 10.0.